The first-order valence-electron chi connectivity index (χ1n) is 8.77. The first-order chi connectivity index (χ1) is 13.2. The van der Waals surface area contributed by atoms with Crippen LogP contribution in [0.2, 0.25) is 0 Å². The van der Waals surface area contributed by atoms with Crippen LogP contribution in [0.5, 0.6) is 11.6 Å². The molecule has 1 heterocycles. The van der Waals surface area contributed by atoms with Crippen LogP contribution < -0.4 is 20.1 Å². The lowest BCUT2D eigenvalue weighted by molar-refractivity contribution is 0.134. The number of benzene rings is 1. The van der Waals surface area contributed by atoms with Crippen LogP contribution >= 0.6 is 0 Å². The zero-order chi connectivity index (χ0) is 19.1. The van der Waals surface area contributed by atoms with Gasteiger partial charge in [0, 0.05) is 30.2 Å². The van der Waals surface area contributed by atoms with Gasteiger partial charge in [-0.3, -0.25) is 0 Å². The Hall–Kier alpha value is -3.34. The minimum absolute atomic E-state index is 0.0340. The van der Waals surface area contributed by atoms with Crippen LogP contribution in [0, 0.1) is 11.3 Å². The number of nitrogens with one attached hydrogen (secondary N) is 2. The van der Waals surface area contributed by atoms with Crippen molar-refractivity contribution in [3.05, 3.63) is 42.4 Å². The smallest absolute Gasteiger partial charge is 0.319 e. The summed E-state index contributed by atoms with van der Waals surface area (Å²) in [5.74, 6) is 0.957. The van der Waals surface area contributed by atoms with Crippen LogP contribution in [-0.4, -0.2) is 35.3 Å². The van der Waals surface area contributed by atoms with Gasteiger partial charge in [0.05, 0.1) is 7.11 Å². The Labute approximate surface area is 157 Å². The molecule has 1 fully saturated rings. The van der Waals surface area contributed by atoms with Crippen molar-refractivity contribution in [2.45, 2.75) is 37.8 Å². The van der Waals surface area contributed by atoms with Crippen LogP contribution in [0.1, 0.15) is 31.4 Å². The number of nitrogens with zero attached hydrogens (tertiary/aromatic N) is 3. The molecule has 1 aromatic carbocycles. The number of carbonyl (C=O) groups excluding carboxylic acids is 1. The molecule has 1 aliphatic carbocycles. The molecule has 8 heteroatoms. The monoisotopic (exact) mass is 367 g/mol. The first-order valence-corrected chi connectivity index (χ1v) is 8.77. The van der Waals surface area contributed by atoms with Crippen molar-refractivity contribution in [2.75, 3.05) is 12.4 Å². The Kier molecular flexibility index (Phi) is 6.05. The fourth-order valence-electron chi connectivity index (χ4n) is 3.02. The van der Waals surface area contributed by atoms with E-state index < -0.39 is 0 Å². The third-order valence-corrected chi connectivity index (χ3v) is 4.39. The normalized spacial score (nSPS) is 18.8. The van der Waals surface area contributed by atoms with E-state index in [1.165, 1.54) is 12.4 Å². The van der Waals surface area contributed by atoms with Gasteiger partial charge in [0.1, 0.15) is 17.9 Å². The first kappa shape index (κ1) is 18.5. The van der Waals surface area contributed by atoms with Crippen molar-refractivity contribution in [3.8, 4) is 17.7 Å². The van der Waals surface area contributed by atoms with Gasteiger partial charge in [-0.25, -0.2) is 14.8 Å². The summed E-state index contributed by atoms with van der Waals surface area (Å²) in [7, 11) is 1.58. The van der Waals surface area contributed by atoms with Gasteiger partial charge in [-0.1, -0.05) is 6.07 Å². The van der Waals surface area contributed by atoms with Crippen molar-refractivity contribution in [1.29, 1.82) is 5.26 Å². The molecule has 0 unspecified atom stereocenters. The molecule has 2 aromatic rings. The molecule has 1 aromatic heterocycles. The van der Waals surface area contributed by atoms with E-state index in [0.29, 0.717) is 11.4 Å². The second kappa shape index (κ2) is 8.85. The molecule has 0 radical (unpaired) electrons. The maximum Gasteiger partial charge on any atom is 0.319 e. The Morgan fingerprint density at radius 2 is 2.00 bits per heavy atom. The number of anilines is 1. The topological polar surface area (TPSA) is 109 Å². The number of urea groups is 1. The molecular formula is C19H21N5O3. The molecule has 3 rings (SSSR count). The van der Waals surface area contributed by atoms with Crippen LogP contribution in [-0.2, 0) is 0 Å². The van der Waals surface area contributed by atoms with Gasteiger partial charge in [-0.05, 0) is 37.8 Å². The Morgan fingerprint density at radius 1 is 1.22 bits per heavy atom. The lowest BCUT2D eigenvalue weighted by Crippen LogP contribution is -2.41. The Bertz CT molecular complexity index is 828. The molecule has 1 aliphatic rings. The van der Waals surface area contributed by atoms with Gasteiger partial charge in [0.2, 0.25) is 5.69 Å². The van der Waals surface area contributed by atoms with Crippen LogP contribution in [0.25, 0.3) is 0 Å². The van der Waals surface area contributed by atoms with E-state index in [0.717, 1.165) is 25.7 Å². The highest BCUT2D eigenvalue weighted by Gasteiger charge is 2.24. The average Bonchev–Trinajstić information content (AvgIpc) is 2.70. The number of ether oxygens (including phenoxy) is 2. The number of carbonyl (C=O) groups is 1. The van der Waals surface area contributed by atoms with Gasteiger partial charge >= 0.3 is 6.03 Å². The summed E-state index contributed by atoms with van der Waals surface area (Å²) in [5.41, 5.74) is 0.867. The van der Waals surface area contributed by atoms with Crippen LogP contribution in [0.15, 0.2) is 36.7 Å². The molecule has 0 atom stereocenters. The van der Waals surface area contributed by atoms with E-state index in [4.69, 9.17) is 14.7 Å². The number of nitriles is 1. The van der Waals surface area contributed by atoms with E-state index in [-0.39, 0.29) is 29.8 Å². The summed E-state index contributed by atoms with van der Waals surface area (Å²) in [6, 6.07) is 9.02. The van der Waals surface area contributed by atoms with Crippen LogP contribution in [0.4, 0.5) is 10.5 Å². The number of hydrogen-bond acceptors (Lipinski definition) is 6. The van der Waals surface area contributed by atoms with E-state index in [2.05, 4.69) is 20.6 Å². The summed E-state index contributed by atoms with van der Waals surface area (Å²) in [5, 5.41) is 14.8. The summed E-state index contributed by atoms with van der Waals surface area (Å²) < 4.78 is 11.0. The molecular weight excluding hydrogens is 346 g/mol. The molecule has 2 amide bonds. The number of methoxy groups -OCH3 is 1. The quantitative estimate of drug-likeness (QED) is 0.841. The second-order valence-electron chi connectivity index (χ2n) is 6.24. The molecule has 0 bridgehead atoms. The predicted octanol–water partition coefficient (Wildman–Crippen LogP) is 2.87. The highest BCUT2D eigenvalue weighted by atomic mass is 16.5. The lowest BCUT2D eigenvalue weighted by Gasteiger charge is -2.29. The van der Waals surface area contributed by atoms with Gasteiger partial charge in [0.25, 0.3) is 5.88 Å². The third kappa shape index (κ3) is 5.07. The molecule has 1 saturated carbocycles. The molecule has 2 N–H and O–H groups in total. The second-order valence-corrected chi connectivity index (χ2v) is 6.24. The maximum absolute atomic E-state index is 12.2. The predicted molar refractivity (Wildman–Crippen MR) is 98.6 cm³/mol. The van der Waals surface area contributed by atoms with Crippen molar-refractivity contribution in [3.63, 3.8) is 0 Å². The summed E-state index contributed by atoms with van der Waals surface area (Å²) in [4.78, 5) is 20.2. The SMILES string of the molecule is COc1cccc(NC(=O)NC2CCC(Oc3nccnc3C#N)CC2)c1. The summed E-state index contributed by atoms with van der Waals surface area (Å²) in [6.45, 7) is 0. The Balaban J connectivity index is 1.46. The Morgan fingerprint density at radius 3 is 2.74 bits per heavy atom. The number of aromatic nitrogens is 2. The third-order valence-electron chi connectivity index (χ3n) is 4.39. The molecule has 8 nitrogen and oxygen atoms in total. The van der Waals surface area contributed by atoms with Gasteiger partial charge in [-0.15, -0.1) is 0 Å². The molecule has 27 heavy (non-hydrogen) atoms. The van der Waals surface area contributed by atoms with E-state index in [1.54, 1.807) is 19.2 Å². The van der Waals surface area contributed by atoms with Crippen molar-refractivity contribution in [1.82, 2.24) is 15.3 Å². The van der Waals surface area contributed by atoms with Crippen molar-refractivity contribution >= 4 is 11.7 Å². The molecule has 0 aliphatic heterocycles. The van der Waals surface area contributed by atoms with E-state index in [9.17, 15) is 4.79 Å². The molecule has 0 spiro atoms. The number of hydrogen-bond donors (Lipinski definition) is 2. The van der Waals surface area contributed by atoms with Gasteiger partial charge in [0.15, 0.2) is 0 Å². The fraction of sp³-hybridized carbons (Fsp3) is 0.368. The highest BCUT2D eigenvalue weighted by molar-refractivity contribution is 5.89. The number of amides is 2. The largest absolute Gasteiger partial charge is 0.497 e. The standard InChI is InChI=1S/C19H21N5O3/c1-26-16-4-2-3-14(11-16)24-19(25)23-13-5-7-15(8-6-13)27-18-17(12-20)21-9-10-22-18/h2-4,9-11,13,15H,5-8H2,1H3,(H2,23,24,25). The van der Waals surface area contributed by atoms with Crippen LogP contribution in [0.3, 0.4) is 0 Å². The summed E-state index contributed by atoms with van der Waals surface area (Å²) in [6.07, 6.45) is 6.06. The van der Waals surface area contributed by atoms with E-state index >= 15 is 0 Å². The lowest BCUT2D eigenvalue weighted by atomic mass is 9.93. The molecule has 0 saturated heterocycles. The van der Waals surface area contributed by atoms with Crippen molar-refractivity contribution < 1.29 is 14.3 Å². The zero-order valence-corrected chi connectivity index (χ0v) is 15.0. The van der Waals surface area contributed by atoms with Crippen molar-refractivity contribution in [2.24, 2.45) is 0 Å². The number of rotatable bonds is 5. The zero-order valence-electron chi connectivity index (χ0n) is 15.0. The van der Waals surface area contributed by atoms with Gasteiger partial charge in [-0.2, -0.15) is 5.26 Å². The van der Waals surface area contributed by atoms with E-state index in [1.807, 2.05) is 18.2 Å². The highest BCUT2D eigenvalue weighted by Crippen LogP contribution is 2.24. The minimum Gasteiger partial charge on any atom is -0.497 e. The maximum atomic E-state index is 12.2. The summed E-state index contributed by atoms with van der Waals surface area (Å²) >= 11 is 0. The molecule has 140 valence electrons. The minimum atomic E-state index is -0.242. The average molecular weight is 367 g/mol. The fourth-order valence-corrected chi connectivity index (χ4v) is 3.02. The van der Waals surface area contributed by atoms with Gasteiger partial charge < -0.3 is 20.1 Å².